The summed E-state index contributed by atoms with van der Waals surface area (Å²) in [5.74, 6) is 0.704. The van der Waals surface area contributed by atoms with E-state index in [0.29, 0.717) is 11.4 Å². The number of nitriles is 1. The van der Waals surface area contributed by atoms with Crippen LogP contribution < -0.4 is 4.90 Å². The van der Waals surface area contributed by atoms with Gasteiger partial charge in [0.2, 0.25) is 0 Å². The van der Waals surface area contributed by atoms with E-state index in [-0.39, 0.29) is 6.10 Å². The lowest BCUT2D eigenvalue weighted by Gasteiger charge is -2.33. The number of ether oxygens (including phenoxy) is 1. The molecule has 0 saturated carbocycles. The van der Waals surface area contributed by atoms with E-state index in [4.69, 9.17) is 4.74 Å². The predicted molar refractivity (Wildman–Crippen MR) is 73.1 cm³/mol. The van der Waals surface area contributed by atoms with E-state index in [2.05, 4.69) is 21.2 Å². The highest BCUT2D eigenvalue weighted by Crippen LogP contribution is 2.25. The van der Waals surface area contributed by atoms with Gasteiger partial charge in [-0.15, -0.1) is 5.10 Å². The van der Waals surface area contributed by atoms with Crippen molar-refractivity contribution in [3.63, 3.8) is 0 Å². The molecule has 0 unspecified atom stereocenters. The Bertz CT molecular complexity index is 493. The Morgan fingerprint density at radius 2 is 2.21 bits per heavy atom. The number of anilines is 1. The first kappa shape index (κ1) is 13.8. The second-order valence-electron chi connectivity index (χ2n) is 4.89. The van der Waals surface area contributed by atoms with Crippen molar-refractivity contribution in [3.05, 3.63) is 16.8 Å². The Hall–Kier alpha value is -1.67. The number of aryl methyl sites for hydroxylation is 1. The summed E-state index contributed by atoms with van der Waals surface area (Å²) in [6.45, 7) is 8.25. The van der Waals surface area contributed by atoms with Crippen LogP contribution in [0.1, 0.15) is 36.6 Å². The standard InChI is InChI=1S/C14H20N4O/c1-4-19-12-6-5-7-18(9-12)14-13(8-15)10(2)11(3)16-17-14/h12H,4-7,9H2,1-3H3/t12-/m1/s1. The highest BCUT2D eigenvalue weighted by Gasteiger charge is 2.24. The molecule has 1 aliphatic heterocycles. The third kappa shape index (κ3) is 2.85. The minimum Gasteiger partial charge on any atom is -0.377 e. The summed E-state index contributed by atoms with van der Waals surface area (Å²) in [6, 6.07) is 2.26. The monoisotopic (exact) mass is 260 g/mol. The second kappa shape index (κ2) is 5.98. The normalized spacial score (nSPS) is 19.3. The lowest BCUT2D eigenvalue weighted by Crippen LogP contribution is -2.40. The molecule has 0 aliphatic carbocycles. The fourth-order valence-corrected chi connectivity index (χ4v) is 2.45. The van der Waals surface area contributed by atoms with Crippen molar-refractivity contribution in [1.82, 2.24) is 10.2 Å². The van der Waals surface area contributed by atoms with Crippen LogP contribution in [0.3, 0.4) is 0 Å². The quantitative estimate of drug-likeness (QED) is 0.831. The highest BCUT2D eigenvalue weighted by atomic mass is 16.5. The Labute approximate surface area is 114 Å². The Kier molecular flexibility index (Phi) is 4.33. The molecule has 1 fully saturated rings. The van der Waals surface area contributed by atoms with Gasteiger partial charge in [0.05, 0.1) is 11.8 Å². The molecule has 0 amide bonds. The van der Waals surface area contributed by atoms with Crippen LogP contribution in [-0.2, 0) is 4.74 Å². The van der Waals surface area contributed by atoms with Crippen molar-refractivity contribution in [3.8, 4) is 6.07 Å². The van der Waals surface area contributed by atoms with Gasteiger partial charge in [0, 0.05) is 19.7 Å². The zero-order chi connectivity index (χ0) is 13.8. The average Bonchev–Trinajstić information content (AvgIpc) is 2.42. The van der Waals surface area contributed by atoms with E-state index in [1.165, 1.54) is 0 Å². The van der Waals surface area contributed by atoms with Crippen molar-refractivity contribution in [2.24, 2.45) is 0 Å². The summed E-state index contributed by atoms with van der Waals surface area (Å²) in [6.07, 6.45) is 2.36. The fourth-order valence-electron chi connectivity index (χ4n) is 2.45. The molecule has 0 radical (unpaired) electrons. The van der Waals surface area contributed by atoms with E-state index < -0.39 is 0 Å². The van der Waals surface area contributed by atoms with Gasteiger partial charge in [-0.05, 0) is 39.2 Å². The van der Waals surface area contributed by atoms with E-state index in [9.17, 15) is 5.26 Å². The third-order valence-electron chi connectivity index (χ3n) is 3.63. The van der Waals surface area contributed by atoms with Gasteiger partial charge in [0.15, 0.2) is 5.82 Å². The molecule has 1 saturated heterocycles. The molecule has 1 aliphatic rings. The third-order valence-corrected chi connectivity index (χ3v) is 3.63. The van der Waals surface area contributed by atoms with Gasteiger partial charge < -0.3 is 9.64 Å². The second-order valence-corrected chi connectivity index (χ2v) is 4.89. The van der Waals surface area contributed by atoms with Crippen LogP contribution in [0.5, 0.6) is 0 Å². The first-order chi connectivity index (χ1) is 9.17. The number of hydrogen-bond donors (Lipinski definition) is 0. The van der Waals surface area contributed by atoms with Gasteiger partial charge in [-0.1, -0.05) is 0 Å². The maximum absolute atomic E-state index is 9.35. The number of rotatable bonds is 3. The number of nitrogens with zero attached hydrogens (tertiary/aromatic N) is 4. The van der Waals surface area contributed by atoms with Crippen LogP contribution >= 0.6 is 0 Å². The zero-order valence-electron chi connectivity index (χ0n) is 11.8. The predicted octanol–water partition coefficient (Wildman–Crippen LogP) is 1.97. The van der Waals surface area contributed by atoms with Crippen molar-refractivity contribution >= 4 is 5.82 Å². The highest BCUT2D eigenvalue weighted by molar-refractivity contribution is 5.57. The van der Waals surface area contributed by atoms with Crippen LogP contribution in [0.4, 0.5) is 5.82 Å². The smallest absolute Gasteiger partial charge is 0.169 e. The molecule has 1 aromatic rings. The molecular weight excluding hydrogens is 240 g/mol. The molecule has 0 N–H and O–H groups in total. The zero-order valence-corrected chi connectivity index (χ0v) is 11.8. The lowest BCUT2D eigenvalue weighted by molar-refractivity contribution is 0.0524. The Morgan fingerprint density at radius 3 is 2.89 bits per heavy atom. The van der Waals surface area contributed by atoms with E-state index in [0.717, 1.165) is 43.8 Å². The molecule has 1 atom stereocenters. The molecule has 5 nitrogen and oxygen atoms in total. The minimum atomic E-state index is 0.230. The molecule has 2 rings (SSSR count). The number of aromatic nitrogens is 2. The SMILES string of the molecule is CCO[C@@H]1CCCN(c2nnc(C)c(C)c2C#N)C1. The van der Waals surface area contributed by atoms with Gasteiger partial charge in [-0.2, -0.15) is 10.4 Å². The first-order valence-corrected chi connectivity index (χ1v) is 6.77. The molecule has 0 aromatic carbocycles. The fraction of sp³-hybridized carbons (Fsp3) is 0.643. The lowest BCUT2D eigenvalue weighted by atomic mass is 10.1. The summed E-state index contributed by atoms with van der Waals surface area (Å²) in [5, 5.41) is 17.7. The molecule has 102 valence electrons. The van der Waals surface area contributed by atoms with Gasteiger partial charge in [0.1, 0.15) is 11.6 Å². The summed E-state index contributed by atoms with van der Waals surface area (Å²) >= 11 is 0. The number of hydrogen-bond acceptors (Lipinski definition) is 5. The van der Waals surface area contributed by atoms with Crippen LogP contribution in [-0.4, -0.2) is 36.0 Å². The van der Waals surface area contributed by atoms with E-state index >= 15 is 0 Å². The minimum absolute atomic E-state index is 0.230. The van der Waals surface area contributed by atoms with Gasteiger partial charge >= 0.3 is 0 Å². The molecule has 1 aromatic heterocycles. The van der Waals surface area contributed by atoms with Gasteiger partial charge in [-0.3, -0.25) is 0 Å². The van der Waals surface area contributed by atoms with Crippen molar-refractivity contribution < 1.29 is 4.74 Å². The van der Waals surface area contributed by atoms with Gasteiger partial charge in [0.25, 0.3) is 0 Å². The Balaban J connectivity index is 2.27. The molecule has 19 heavy (non-hydrogen) atoms. The molecule has 5 heteroatoms. The maximum atomic E-state index is 9.35. The molecule has 0 bridgehead atoms. The van der Waals surface area contributed by atoms with Crippen molar-refractivity contribution in [1.29, 1.82) is 5.26 Å². The van der Waals surface area contributed by atoms with E-state index in [1.807, 2.05) is 20.8 Å². The van der Waals surface area contributed by atoms with Crippen LogP contribution in [0, 0.1) is 25.2 Å². The van der Waals surface area contributed by atoms with Crippen LogP contribution in [0.2, 0.25) is 0 Å². The number of piperidine rings is 1. The average molecular weight is 260 g/mol. The Morgan fingerprint density at radius 1 is 1.42 bits per heavy atom. The largest absolute Gasteiger partial charge is 0.377 e. The van der Waals surface area contributed by atoms with Crippen molar-refractivity contribution in [2.75, 3.05) is 24.6 Å². The summed E-state index contributed by atoms with van der Waals surface area (Å²) < 4.78 is 5.69. The van der Waals surface area contributed by atoms with E-state index in [1.54, 1.807) is 0 Å². The topological polar surface area (TPSA) is 62.0 Å². The molecular formula is C14H20N4O. The summed E-state index contributed by atoms with van der Waals surface area (Å²) in [4.78, 5) is 2.13. The van der Waals surface area contributed by atoms with Crippen LogP contribution in [0.25, 0.3) is 0 Å². The van der Waals surface area contributed by atoms with Crippen LogP contribution in [0.15, 0.2) is 0 Å². The van der Waals surface area contributed by atoms with Crippen molar-refractivity contribution in [2.45, 2.75) is 39.7 Å². The molecule has 2 heterocycles. The van der Waals surface area contributed by atoms with Gasteiger partial charge in [-0.25, -0.2) is 0 Å². The summed E-state index contributed by atoms with van der Waals surface area (Å²) in [7, 11) is 0. The first-order valence-electron chi connectivity index (χ1n) is 6.77. The molecule has 0 spiro atoms. The maximum Gasteiger partial charge on any atom is 0.169 e. The summed E-state index contributed by atoms with van der Waals surface area (Å²) in [5.41, 5.74) is 2.38.